The molecule has 9 nitrogen and oxygen atoms in total. The number of methoxy groups -OCH3 is 2. The first-order valence-electron chi connectivity index (χ1n) is 11.5. The van der Waals surface area contributed by atoms with Crippen molar-refractivity contribution in [2.75, 3.05) is 37.9 Å². The van der Waals surface area contributed by atoms with Crippen LogP contribution in [0, 0.1) is 0 Å². The molecule has 0 aliphatic carbocycles. The number of carbonyl (C=O) groups excluding carboxylic acids is 2. The van der Waals surface area contributed by atoms with Gasteiger partial charge in [-0.25, -0.2) is 8.42 Å². The van der Waals surface area contributed by atoms with E-state index in [-0.39, 0.29) is 23.9 Å². The number of rotatable bonds is 13. The van der Waals surface area contributed by atoms with Crippen LogP contribution in [0.5, 0.6) is 11.5 Å². The van der Waals surface area contributed by atoms with E-state index in [1.54, 1.807) is 12.1 Å². The molecule has 0 spiro atoms. The van der Waals surface area contributed by atoms with E-state index in [0.717, 1.165) is 22.5 Å². The Balaban J connectivity index is 2.49. The highest BCUT2D eigenvalue weighted by atomic mass is 32.2. The molecule has 2 rings (SSSR count). The van der Waals surface area contributed by atoms with Crippen LogP contribution < -0.4 is 19.1 Å². The van der Waals surface area contributed by atoms with Gasteiger partial charge < -0.3 is 19.7 Å². The summed E-state index contributed by atoms with van der Waals surface area (Å²) in [4.78, 5) is 28.0. The van der Waals surface area contributed by atoms with Gasteiger partial charge in [-0.1, -0.05) is 44.2 Å². The zero-order valence-corrected chi connectivity index (χ0v) is 21.8. The second-order valence-corrected chi connectivity index (χ2v) is 9.94. The average molecular weight is 506 g/mol. The smallest absolute Gasteiger partial charge is 0.244 e. The predicted octanol–water partition coefficient (Wildman–Crippen LogP) is 2.80. The van der Waals surface area contributed by atoms with Crippen molar-refractivity contribution in [3.8, 4) is 11.5 Å². The Hall–Kier alpha value is -3.27. The minimum absolute atomic E-state index is 0.157. The summed E-state index contributed by atoms with van der Waals surface area (Å²) in [5, 5.41) is 2.85. The van der Waals surface area contributed by atoms with Gasteiger partial charge in [0, 0.05) is 19.2 Å². The van der Waals surface area contributed by atoms with Crippen LogP contribution in [-0.4, -0.2) is 64.7 Å². The first kappa shape index (κ1) is 28.0. The van der Waals surface area contributed by atoms with Crippen molar-refractivity contribution in [3.05, 3.63) is 54.1 Å². The first-order valence-corrected chi connectivity index (χ1v) is 13.3. The fraction of sp³-hybridized carbons (Fsp3) is 0.440. The van der Waals surface area contributed by atoms with Gasteiger partial charge >= 0.3 is 0 Å². The van der Waals surface area contributed by atoms with Crippen LogP contribution >= 0.6 is 0 Å². The summed E-state index contributed by atoms with van der Waals surface area (Å²) in [6.07, 6.45) is 2.15. The van der Waals surface area contributed by atoms with Crippen molar-refractivity contribution in [3.63, 3.8) is 0 Å². The molecule has 0 aromatic heterocycles. The summed E-state index contributed by atoms with van der Waals surface area (Å²) in [6.45, 7) is 3.90. The summed E-state index contributed by atoms with van der Waals surface area (Å²) in [7, 11) is -1.01. The van der Waals surface area contributed by atoms with Gasteiger partial charge in [0.25, 0.3) is 0 Å². The maximum Gasteiger partial charge on any atom is 0.244 e. The maximum absolute atomic E-state index is 13.7. The quantitative estimate of drug-likeness (QED) is 0.449. The minimum Gasteiger partial charge on any atom is -0.497 e. The Morgan fingerprint density at radius 3 is 2.26 bits per heavy atom. The van der Waals surface area contributed by atoms with Crippen molar-refractivity contribution in [1.82, 2.24) is 10.2 Å². The number of ether oxygens (including phenoxy) is 2. The van der Waals surface area contributed by atoms with Crippen molar-refractivity contribution in [1.29, 1.82) is 0 Å². The minimum atomic E-state index is -3.89. The Labute approximate surface area is 208 Å². The van der Waals surface area contributed by atoms with Crippen LogP contribution in [0.3, 0.4) is 0 Å². The van der Waals surface area contributed by atoms with E-state index in [9.17, 15) is 18.0 Å². The predicted molar refractivity (Wildman–Crippen MR) is 136 cm³/mol. The maximum atomic E-state index is 13.7. The van der Waals surface area contributed by atoms with Crippen LogP contribution in [0.1, 0.15) is 32.3 Å². The first-order chi connectivity index (χ1) is 16.7. The number of amides is 2. The highest BCUT2D eigenvalue weighted by Crippen LogP contribution is 2.34. The third-order valence-corrected chi connectivity index (χ3v) is 6.59. The molecule has 35 heavy (non-hydrogen) atoms. The lowest BCUT2D eigenvalue weighted by molar-refractivity contribution is -0.140. The van der Waals surface area contributed by atoms with Gasteiger partial charge in [-0.15, -0.1) is 0 Å². The standard InChI is InChI=1S/C25H35N3O6S/c1-6-15-26-25(30)21(7-2)27(17-19-11-9-8-10-12-19)24(29)18-28(35(5,31)32)22-16-20(33-3)13-14-23(22)34-4/h8-14,16,21H,6-7,15,17-18H2,1-5H3,(H,26,30). The molecule has 0 heterocycles. The van der Waals surface area contributed by atoms with E-state index in [1.165, 1.54) is 25.2 Å². The van der Waals surface area contributed by atoms with E-state index in [1.807, 2.05) is 44.2 Å². The fourth-order valence-electron chi connectivity index (χ4n) is 3.65. The van der Waals surface area contributed by atoms with E-state index in [0.29, 0.717) is 18.7 Å². The SMILES string of the molecule is CCCNC(=O)C(CC)N(Cc1ccccc1)C(=O)CN(c1cc(OC)ccc1OC)S(C)(=O)=O. The lowest BCUT2D eigenvalue weighted by Crippen LogP contribution is -2.52. The molecule has 0 aliphatic rings. The zero-order chi connectivity index (χ0) is 26.0. The molecule has 2 aromatic carbocycles. The van der Waals surface area contributed by atoms with Gasteiger partial charge in [-0.3, -0.25) is 13.9 Å². The van der Waals surface area contributed by atoms with E-state index < -0.39 is 28.5 Å². The third kappa shape index (κ3) is 7.61. The largest absolute Gasteiger partial charge is 0.497 e. The van der Waals surface area contributed by atoms with Crippen LogP contribution in [-0.2, 0) is 26.2 Å². The lowest BCUT2D eigenvalue weighted by Gasteiger charge is -2.33. The Morgan fingerprint density at radius 1 is 1.03 bits per heavy atom. The summed E-state index contributed by atoms with van der Waals surface area (Å²) >= 11 is 0. The van der Waals surface area contributed by atoms with Gasteiger partial charge in [-0.05, 0) is 30.5 Å². The molecule has 1 atom stereocenters. The number of anilines is 1. The highest BCUT2D eigenvalue weighted by molar-refractivity contribution is 7.92. The second-order valence-electron chi connectivity index (χ2n) is 8.03. The van der Waals surface area contributed by atoms with Crippen LogP contribution in [0.2, 0.25) is 0 Å². The third-order valence-electron chi connectivity index (χ3n) is 5.46. The summed E-state index contributed by atoms with van der Waals surface area (Å²) in [5.41, 5.74) is 0.998. The molecule has 0 aliphatic heterocycles. The monoisotopic (exact) mass is 505 g/mol. The number of hydrogen-bond donors (Lipinski definition) is 1. The fourth-order valence-corrected chi connectivity index (χ4v) is 4.50. The van der Waals surface area contributed by atoms with Gasteiger partial charge in [0.05, 0.1) is 26.2 Å². The molecule has 2 aromatic rings. The van der Waals surface area contributed by atoms with Gasteiger partial charge in [-0.2, -0.15) is 0 Å². The van der Waals surface area contributed by atoms with Crippen molar-refractivity contribution < 1.29 is 27.5 Å². The van der Waals surface area contributed by atoms with Gasteiger partial charge in [0.15, 0.2) is 0 Å². The molecule has 1 unspecified atom stereocenters. The van der Waals surface area contributed by atoms with Crippen LogP contribution in [0.25, 0.3) is 0 Å². The molecule has 1 N–H and O–H groups in total. The number of benzene rings is 2. The number of nitrogens with zero attached hydrogens (tertiary/aromatic N) is 2. The molecular weight excluding hydrogens is 470 g/mol. The molecule has 0 saturated heterocycles. The molecule has 0 bridgehead atoms. The lowest BCUT2D eigenvalue weighted by atomic mass is 10.1. The van der Waals surface area contributed by atoms with Gasteiger partial charge in [0.1, 0.15) is 24.1 Å². The number of sulfonamides is 1. The molecule has 192 valence electrons. The van der Waals surface area contributed by atoms with Crippen molar-refractivity contribution in [2.24, 2.45) is 0 Å². The van der Waals surface area contributed by atoms with E-state index in [4.69, 9.17) is 9.47 Å². The summed E-state index contributed by atoms with van der Waals surface area (Å²) < 4.78 is 37.2. The molecule has 0 fully saturated rings. The van der Waals surface area contributed by atoms with Crippen molar-refractivity contribution >= 4 is 27.5 Å². The number of carbonyl (C=O) groups is 2. The summed E-state index contributed by atoms with van der Waals surface area (Å²) in [5.74, 6) is -0.106. The highest BCUT2D eigenvalue weighted by Gasteiger charge is 2.32. The second kappa shape index (κ2) is 13.0. The zero-order valence-electron chi connectivity index (χ0n) is 21.0. The van der Waals surface area contributed by atoms with E-state index >= 15 is 0 Å². The number of hydrogen-bond acceptors (Lipinski definition) is 6. The van der Waals surface area contributed by atoms with Crippen molar-refractivity contribution in [2.45, 2.75) is 39.3 Å². The summed E-state index contributed by atoms with van der Waals surface area (Å²) in [6, 6.07) is 13.2. The Morgan fingerprint density at radius 2 is 1.71 bits per heavy atom. The molecule has 0 saturated carbocycles. The topological polar surface area (TPSA) is 105 Å². The normalized spacial score (nSPS) is 11.9. The number of nitrogens with one attached hydrogen (secondary N) is 1. The van der Waals surface area contributed by atoms with E-state index in [2.05, 4.69) is 5.32 Å². The Kier molecular flexibility index (Phi) is 10.4. The molecule has 2 amide bonds. The Bertz CT molecular complexity index is 1090. The molecule has 0 radical (unpaired) electrons. The van der Waals surface area contributed by atoms with Crippen LogP contribution in [0.15, 0.2) is 48.5 Å². The average Bonchev–Trinajstić information content (AvgIpc) is 2.85. The van der Waals surface area contributed by atoms with Gasteiger partial charge in [0.2, 0.25) is 21.8 Å². The molecular formula is C25H35N3O6S. The molecule has 10 heteroatoms. The van der Waals surface area contributed by atoms with Crippen LogP contribution in [0.4, 0.5) is 5.69 Å².